The molecule has 7 heteroatoms. The van der Waals surface area contributed by atoms with Gasteiger partial charge in [-0.3, -0.25) is 14.4 Å². The zero-order valence-electron chi connectivity index (χ0n) is 17.7. The molecule has 1 saturated heterocycles. The lowest BCUT2D eigenvalue weighted by Gasteiger charge is -2.26. The van der Waals surface area contributed by atoms with E-state index in [9.17, 15) is 14.4 Å². The first-order valence-electron chi connectivity index (χ1n) is 10.7. The van der Waals surface area contributed by atoms with Crippen molar-refractivity contribution in [2.45, 2.75) is 25.8 Å². The summed E-state index contributed by atoms with van der Waals surface area (Å²) < 4.78 is 0. The van der Waals surface area contributed by atoms with E-state index in [-0.39, 0.29) is 17.7 Å². The fraction of sp³-hybridized carbons (Fsp3) is 0.240. The van der Waals surface area contributed by atoms with Crippen molar-refractivity contribution in [1.82, 2.24) is 10.2 Å². The normalized spacial score (nSPS) is 13.4. The van der Waals surface area contributed by atoms with E-state index >= 15 is 0 Å². The molecule has 0 radical (unpaired) electrons. The predicted molar refractivity (Wildman–Crippen MR) is 126 cm³/mol. The van der Waals surface area contributed by atoms with Crippen LogP contribution in [0.2, 0.25) is 0 Å². The predicted octanol–water partition coefficient (Wildman–Crippen LogP) is 4.56. The Balaban J connectivity index is 1.36. The van der Waals surface area contributed by atoms with E-state index < -0.39 is 0 Å². The number of amides is 3. The van der Waals surface area contributed by atoms with Gasteiger partial charge in [0.2, 0.25) is 0 Å². The molecule has 4 rings (SSSR count). The van der Waals surface area contributed by atoms with Gasteiger partial charge in [-0.05, 0) is 60.5 Å². The Hall–Kier alpha value is -3.45. The third-order valence-electron chi connectivity index (χ3n) is 5.46. The molecule has 0 aliphatic carbocycles. The van der Waals surface area contributed by atoms with Crippen LogP contribution in [0.4, 0.5) is 5.69 Å². The molecule has 32 heavy (non-hydrogen) atoms. The number of piperidine rings is 1. The largest absolute Gasteiger partial charge is 0.348 e. The van der Waals surface area contributed by atoms with Crippen molar-refractivity contribution in [3.63, 3.8) is 0 Å². The Morgan fingerprint density at radius 1 is 0.844 bits per heavy atom. The van der Waals surface area contributed by atoms with Crippen LogP contribution >= 0.6 is 11.3 Å². The van der Waals surface area contributed by atoms with Crippen LogP contribution in [-0.4, -0.2) is 35.7 Å². The standard InChI is InChI=1S/C25H25N3O3S/c29-23(20-7-2-3-8-21(20)27-24(30)22-9-6-16-32-22)26-17-18-10-12-19(13-11-18)25(31)28-14-4-1-5-15-28/h2-3,6-13,16H,1,4-5,14-15,17H2,(H,26,29)(H,27,30). The summed E-state index contributed by atoms with van der Waals surface area (Å²) in [5.41, 5.74) is 2.43. The minimum absolute atomic E-state index is 0.0655. The van der Waals surface area contributed by atoms with Crippen LogP contribution in [0, 0.1) is 0 Å². The van der Waals surface area contributed by atoms with E-state index in [0.29, 0.717) is 28.2 Å². The Labute approximate surface area is 191 Å². The zero-order chi connectivity index (χ0) is 22.3. The maximum Gasteiger partial charge on any atom is 0.265 e. The summed E-state index contributed by atoms with van der Waals surface area (Å²) in [6.45, 7) is 1.96. The Kier molecular flexibility index (Phi) is 6.97. The van der Waals surface area contributed by atoms with Crippen molar-refractivity contribution in [2.24, 2.45) is 0 Å². The minimum atomic E-state index is -0.277. The average molecular weight is 448 g/mol. The number of rotatable bonds is 6. The maximum absolute atomic E-state index is 12.8. The van der Waals surface area contributed by atoms with Crippen LogP contribution < -0.4 is 10.6 Å². The van der Waals surface area contributed by atoms with Crippen LogP contribution in [0.1, 0.15) is 55.2 Å². The topological polar surface area (TPSA) is 78.5 Å². The summed E-state index contributed by atoms with van der Waals surface area (Å²) in [5.74, 6) is -0.453. The summed E-state index contributed by atoms with van der Waals surface area (Å²) in [5, 5.41) is 7.54. The number of carbonyl (C=O) groups is 3. The van der Waals surface area contributed by atoms with Gasteiger partial charge in [-0.25, -0.2) is 0 Å². The highest BCUT2D eigenvalue weighted by molar-refractivity contribution is 7.12. The second-order valence-electron chi connectivity index (χ2n) is 7.71. The number of benzene rings is 2. The molecule has 2 aromatic carbocycles. The minimum Gasteiger partial charge on any atom is -0.348 e. The van der Waals surface area contributed by atoms with Crippen molar-refractivity contribution >= 4 is 34.7 Å². The van der Waals surface area contributed by atoms with E-state index in [1.54, 1.807) is 30.3 Å². The molecule has 6 nitrogen and oxygen atoms in total. The molecule has 0 atom stereocenters. The molecular formula is C25H25N3O3S. The smallest absolute Gasteiger partial charge is 0.265 e. The monoisotopic (exact) mass is 447 g/mol. The molecule has 2 heterocycles. The summed E-state index contributed by atoms with van der Waals surface area (Å²) in [6.07, 6.45) is 3.31. The first-order valence-corrected chi connectivity index (χ1v) is 11.6. The lowest BCUT2D eigenvalue weighted by atomic mass is 10.1. The molecule has 0 spiro atoms. The second kappa shape index (κ2) is 10.2. The molecule has 1 aliphatic rings. The number of hydrogen-bond donors (Lipinski definition) is 2. The van der Waals surface area contributed by atoms with Crippen molar-refractivity contribution in [3.8, 4) is 0 Å². The van der Waals surface area contributed by atoms with Gasteiger partial charge in [0.25, 0.3) is 17.7 Å². The summed E-state index contributed by atoms with van der Waals surface area (Å²) in [6, 6.07) is 17.8. The first-order chi connectivity index (χ1) is 15.6. The molecule has 2 N–H and O–H groups in total. The van der Waals surface area contributed by atoms with Crippen molar-refractivity contribution in [2.75, 3.05) is 18.4 Å². The van der Waals surface area contributed by atoms with Crippen LogP contribution in [0.15, 0.2) is 66.0 Å². The highest BCUT2D eigenvalue weighted by Gasteiger charge is 2.18. The number of likely N-dealkylation sites (tertiary alicyclic amines) is 1. The molecule has 1 aliphatic heterocycles. The molecule has 3 amide bonds. The molecule has 1 fully saturated rings. The lowest BCUT2D eigenvalue weighted by molar-refractivity contribution is 0.0724. The third kappa shape index (κ3) is 5.23. The van der Waals surface area contributed by atoms with Gasteiger partial charge in [-0.2, -0.15) is 0 Å². The fourth-order valence-electron chi connectivity index (χ4n) is 3.70. The maximum atomic E-state index is 12.8. The Bertz CT molecular complexity index is 1090. The van der Waals surface area contributed by atoms with E-state index in [1.165, 1.54) is 17.8 Å². The van der Waals surface area contributed by atoms with Gasteiger partial charge in [-0.1, -0.05) is 30.3 Å². The van der Waals surface area contributed by atoms with Gasteiger partial charge < -0.3 is 15.5 Å². The van der Waals surface area contributed by atoms with Crippen LogP contribution in [-0.2, 0) is 6.54 Å². The fourth-order valence-corrected chi connectivity index (χ4v) is 4.32. The molecular weight excluding hydrogens is 422 g/mol. The second-order valence-corrected chi connectivity index (χ2v) is 8.66. The number of hydrogen-bond acceptors (Lipinski definition) is 4. The molecule has 0 unspecified atom stereocenters. The number of carbonyl (C=O) groups excluding carboxylic acids is 3. The molecule has 3 aromatic rings. The van der Waals surface area contributed by atoms with Gasteiger partial charge in [-0.15, -0.1) is 11.3 Å². The van der Waals surface area contributed by atoms with Crippen LogP contribution in [0.25, 0.3) is 0 Å². The molecule has 1 aromatic heterocycles. The van der Waals surface area contributed by atoms with Crippen molar-refractivity contribution in [1.29, 1.82) is 0 Å². The quantitative estimate of drug-likeness (QED) is 0.582. The van der Waals surface area contributed by atoms with E-state index in [4.69, 9.17) is 0 Å². The highest BCUT2D eigenvalue weighted by atomic mass is 32.1. The molecule has 164 valence electrons. The number of nitrogens with one attached hydrogen (secondary N) is 2. The molecule has 0 saturated carbocycles. The number of anilines is 1. The van der Waals surface area contributed by atoms with Gasteiger partial charge >= 0.3 is 0 Å². The van der Waals surface area contributed by atoms with E-state index in [2.05, 4.69) is 10.6 Å². The first kappa shape index (κ1) is 21.8. The zero-order valence-corrected chi connectivity index (χ0v) is 18.5. The Morgan fingerprint density at radius 2 is 1.59 bits per heavy atom. The number of thiophene rings is 1. The van der Waals surface area contributed by atoms with Crippen LogP contribution in [0.5, 0.6) is 0 Å². The number of para-hydroxylation sites is 1. The van der Waals surface area contributed by atoms with Crippen molar-refractivity contribution in [3.05, 3.63) is 87.6 Å². The van der Waals surface area contributed by atoms with Gasteiger partial charge in [0.05, 0.1) is 16.1 Å². The Morgan fingerprint density at radius 3 is 2.31 bits per heavy atom. The summed E-state index contributed by atoms with van der Waals surface area (Å²) >= 11 is 1.34. The molecule has 0 bridgehead atoms. The van der Waals surface area contributed by atoms with Gasteiger partial charge in [0.1, 0.15) is 0 Å². The number of nitrogens with zero attached hydrogens (tertiary/aromatic N) is 1. The average Bonchev–Trinajstić information content (AvgIpc) is 3.39. The van der Waals surface area contributed by atoms with Crippen molar-refractivity contribution < 1.29 is 14.4 Å². The van der Waals surface area contributed by atoms with E-state index in [1.807, 2.05) is 40.6 Å². The summed E-state index contributed by atoms with van der Waals surface area (Å²) in [7, 11) is 0. The lowest BCUT2D eigenvalue weighted by Crippen LogP contribution is -2.35. The van der Waals surface area contributed by atoms with Gasteiger partial charge in [0.15, 0.2) is 0 Å². The highest BCUT2D eigenvalue weighted by Crippen LogP contribution is 2.18. The third-order valence-corrected chi connectivity index (χ3v) is 6.33. The van der Waals surface area contributed by atoms with Crippen LogP contribution in [0.3, 0.4) is 0 Å². The van der Waals surface area contributed by atoms with E-state index in [0.717, 1.165) is 31.5 Å². The van der Waals surface area contributed by atoms with Gasteiger partial charge in [0, 0.05) is 25.2 Å². The SMILES string of the molecule is O=C(Nc1ccccc1C(=O)NCc1ccc(C(=O)N2CCCCC2)cc1)c1cccs1. The summed E-state index contributed by atoms with van der Waals surface area (Å²) in [4.78, 5) is 40.2.